The summed E-state index contributed by atoms with van der Waals surface area (Å²) in [6, 6.07) is 3.05. The van der Waals surface area contributed by atoms with Gasteiger partial charge in [0.05, 0.1) is 11.4 Å². The standard InChI is InChI=1S/C13H20FN3O3S/c1-9(2)7-16-13(18)8-17(3)21(19,20)12-5-10(14)4-11(15)6-12/h4-6,9H,7-8,15H2,1-3H3,(H,16,18). The number of halogens is 1. The molecule has 0 saturated heterocycles. The summed E-state index contributed by atoms with van der Waals surface area (Å²) in [5.41, 5.74) is 5.44. The highest BCUT2D eigenvalue weighted by molar-refractivity contribution is 7.89. The van der Waals surface area contributed by atoms with Crippen molar-refractivity contribution >= 4 is 21.6 Å². The molecule has 0 aliphatic heterocycles. The largest absolute Gasteiger partial charge is 0.399 e. The fraction of sp³-hybridized carbons (Fsp3) is 0.462. The Morgan fingerprint density at radius 1 is 1.38 bits per heavy atom. The summed E-state index contributed by atoms with van der Waals surface area (Å²) < 4.78 is 38.6. The average molecular weight is 317 g/mol. The first-order valence-corrected chi connectivity index (χ1v) is 7.86. The SMILES string of the molecule is CC(C)CNC(=O)CN(C)S(=O)(=O)c1cc(N)cc(F)c1. The van der Waals surface area contributed by atoms with Crippen molar-refractivity contribution in [2.45, 2.75) is 18.7 Å². The van der Waals surface area contributed by atoms with Crippen molar-refractivity contribution < 1.29 is 17.6 Å². The number of carbonyl (C=O) groups excluding carboxylic acids is 1. The zero-order valence-corrected chi connectivity index (χ0v) is 13.1. The van der Waals surface area contributed by atoms with Crippen LogP contribution >= 0.6 is 0 Å². The minimum Gasteiger partial charge on any atom is -0.399 e. The maximum atomic E-state index is 13.3. The Morgan fingerprint density at radius 3 is 2.52 bits per heavy atom. The van der Waals surface area contributed by atoms with E-state index >= 15 is 0 Å². The Morgan fingerprint density at radius 2 is 2.00 bits per heavy atom. The molecule has 21 heavy (non-hydrogen) atoms. The predicted octanol–water partition coefficient (Wildman–Crippen LogP) is 0.801. The first-order valence-electron chi connectivity index (χ1n) is 6.42. The highest BCUT2D eigenvalue weighted by atomic mass is 32.2. The van der Waals surface area contributed by atoms with Crippen molar-refractivity contribution in [3.63, 3.8) is 0 Å². The quantitative estimate of drug-likeness (QED) is 0.759. The fourth-order valence-corrected chi connectivity index (χ4v) is 2.77. The van der Waals surface area contributed by atoms with Gasteiger partial charge < -0.3 is 11.1 Å². The second-order valence-electron chi connectivity index (χ2n) is 5.18. The van der Waals surface area contributed by atoms with Crippen molar-refractivity contribution in [3.05, 3.63) is 24.0 Å². The van der Waals surface area contributed by atoms with Gasteiger partial charge in [-0.1, -0.05) is 13.8 Å². The number of nitrogens with zero attached hydrogens (tertiary/aromatic N) is 1. The van der Waals surface area contributed by atoms with Gasteiger partial charge in [-0.15, -0.1) is 0 Å². The monoisotopic (exact) mass is 317 g/mol. The third-order valence-electron chi connectivity index (χ3n) is 2.68. The van der Waals surface area contributed by atoms with Crippen LogP contribution in [0.25, 0.3) is 0 Å². The number of carbonyl (C=O) groups is 1. The molecular weight excluding hydrogens is 297 g/mol. The van der Waals surface area contributed by atoms with E-state index in [0.29, 0.717) is 6.54 Å². The van der Waals surface area contributed by atoms with Crippen molar-refractivity contribution in [1.29, 1.82) is 0 Å². The zero-order valence-electron chi connectivity index (χ0n) is 12.3. The summed E-state index contributed by atoms with van der Waals surface area (Å²) in [5, 5.41) is 2.62. The molecule has 8 heteroatoms. The molecule has 1 rings (SSSR count). The van der Waals surface area contributed by atoms with E-state index in [0.717, 1.165) is 22.5 Å². The number of likely N-dealkylation sites (N-methyl/N-ethyl adjacent to an activating group) is 1. The Kier molecular flexibility index (Phi) is 5.68. The van der Waals surface area contributed by atoms with Crippen molar-refractivity contribution in [2.24, 2.45) is 5.92 Å². The molecule has 0 spiro atoms. The van der Waals surface area contributed by atoms with E-state index in [1.807, 2.05) is 13.8 Å². The van der Waals surface area contributed by atoms with Gasteiger partial charge in [-0.3, -0.25) is 4.79 Å². The molecule has 0 atom stereocenters. The van der Waals surface area contributed by atoms with Crippen LogP contribution in [0.5, 0.6) is 0 Å². The first kappa shape index (κ1) is 17.4. The van der Waals surface area contributed by atoms with Crippen LogP contribution in [0.4, 0.5) is 10.1 Å². The lowest BCUT2D eigenvalue weighted by Crippen LogP contribution is -2.39. The van der Waals surface area contributed by atoms with Crippen LogP contribution in [0.1, 0.15) is 13.8 Å². The minimum absolute atomic E-state index is 0.00577. The predicted molar refractivity (Wildman–Crippen MR) is 78.5 cm³/mol. The number of amides is 1. The third-order valence-corrected chi connectivity index (χ3v) is 4.46. The van der Waals surface area contributed by atoms with Crippen molar-refractivity contribution in [3.8, 4) is 0 Å². The molecule has 118 valence electrons. The molecule has 0 fully saturated rings. The smallest absolute Gasteiger partial charge is 0.243 e. The second kappa shape index (κ2) is 6.86. The Balaban J connectivity index is 2.84. The van der Waals surface area contributed by atoms with Gasteiger partial charge >= 0.3 is 0 Å². The van der Waals surface area contributed by atoms with Crippen LogP contribution in [0, 0.1) is 11.7 Å². The molecule has 0 aromatic heterocycles. The second-order valence-corrected chi connectivity index (χ2v) is 7.22. The number of sulfonamides is 1. The van der Waals surface area contributed by atoms with Gasteiger partial charge in [0.1, 0.15) is 5.82 Å². The number of hydrogen-bond acceptors (Lipinski definition) is 4. The summed E-state index contributed by atoms with van der Waals surface area (Å²) in [5.74, 6) is -0.899. The molecule has 0 saturated carbocycles. The fourth-order valence-electron chi connectivity index (χ4n) is 1.57. The molecule has 0 aliphatic rings. The van der Waals surface area contributed by atoms with Crippen LogP contribution in [0.2, 0.25) is 0 Å². The molecule has 0 heterocycles. The van der Waals surface area contributed by atoms with Crippen LogP contribution in [0.3, 0.4) is 0 Å². The van der Waals surface area contributed by atoms with Gasteiger partial charge in [0.2, 0.25) is 15.9 Å². The van der Waals surface area contributed by atoms with Crippen LogP contribution in [0.15, 0.2) is 23.1 Å². The Hall–Kier alpha value is -1.67. The average Bonchev–Trinajstić information content (AvgIpc) is 2.35. The Labute approximate surface area is 124 Å². The molecule has 0 radical (unpaired) electrons. The van der Waals surface area contributed by atoms with E-state index < -0.39 is 21.7 Å². The lowest BCUT2D eigenvalue weighted by molar-refractivity contribution is -0.121. The van der Waals surface area contributed by atoms with Gasteiger partial charge in [0, 0.05) is 19.3 Å². The van der Waals surface area contributed by atoms with E-state index in [2.05, 4.69) is 5.32 Å². The molecule has 1 aromatic carbocycles. The third kappa shape index (κ3) is 4.98. The lowest BCUT2D eigenvalue weighted by atomic mass is 10.2. The molecular formula is C13H20FN3O3S. The number of rotatable bonds is 6. The number of benzene rings is 1. The molecule has 1 amide bonds. The molecule has 1 aromatic rings. The molecule has 3 N–H and O–H groups in total. The van der Waals surface area contributed by atoms with Crippen LogP contribution in [-0.2, 0) is 14.8 Å². The maximum absolute atomic E-state index is 13.3. The normalized spacial score (nSPS) is 11.9. The highest BCUT2D eigenvalue weighted by Gasteiger charge is 2.23. The molecule has 0 aliphatic carbocycles. The van der Waals surface area contributed by atoms with Gasteiger partial charge in [-0.05, 0) is 24.1 Å². The zero-order chi connectivity index (χ0) is 16.2. The number of hydrogen-bond donors (Lipinski definition) is 2. The number of nitrogens with one attached hydrogen (secondary N) is 1. The lowest BCUT2D eigenvalue weighted by Gasteiger charge is -2.17. The molecule has 6 nitrogen and oxygen atoms in total. The topological polar surface area (TPSA) is 92.5 Å². The van der Waals surface area contributed by atoms with E-state index in [1.54, 1.807) is 0 Å². The van der Waals surface area contributed by atoms with Gasteiger partial charge in [0.15, 0.2) is 0 Å². The van der Waals surface area contributed by atoms with E-state index in [9.17, 15) is 17.6 Å². The summed E-state index contributed by atoms with van der Waals surface area (Å²) >= 11 is 0. The van der Waals surface area contributed by atoms with Gasteiger partial charge in [0.25, 0.3) is 0 Å². The molecule has 0 unspecified atom stereocenters. The Bertz CT molecular complexity index is 597. The minimum atomic E-state index is -3.97. The maximum Gasteiger partial charge on any atom is 0.243 e. The number of nitrogen functional groups attached to an aromatic ring is 1. The van der Waals surface area contributed by atoms with Gasteiger partial charge in [-0.2, -0.15) is 4.31 Å². The summed E-state index contributed by atoms with van der Waals surface area (Å²) in [7, 11) is -2.71. The van der Waals surface area contributed by atoms with E-state index in [1.165, 1.54) is 7.05 Å². The molecule has 0 bridgehead atoms. The summed E-state index contributed by atoms with van der Waals surface area (Å²) in [4.78, 5) is 11.4. The van der Waals surface area contributed by atoms with Crippen molar-refractivity contribution in [2.75, 3.05) is 25.9 Å². The van der Waals surface area contributed by atoms with Gasteiger partial charge in [-0.25, -0.2) is 12.8 Å². The number of anilines is 1. The highest BCUT2D eigenvalue weighted by Crippen LogP contribution is 2.18. The van der Waals surface area contributed by atoms with Crippen molar-refractivity contribution in [1.82, 2.24) is 9.62 Å². The van der Waals surface area contributed by atoms with E-state index in [-0.39, 0.29) is 23.0 Å². The van der Waals surface area contributed by atoms with Crippen LogP contribution < -0.4 is 11.1 Å². The number of nitrogens with two attached hydrogens (primary N) is 1. The first-order chi connectivity index (χ1) is 9.62. The summed E-state index contributed by atoms with van der Waals surface area (Å²) in [6.45, 7) is 3.97. The van der Waals surface area contributed by atoms with E-state index in [4.69, 9.17) is 5.73 Å². The summed E-state index contributed by atoms with van der Waals surface area (Å²) in [6.07, 6.45) is 0. The van der Waals surface area contributed by atoms with Crippen LogP contribution in [-0.4, -0.2) is 38.8 Å².